The number of likely N-dealkylation sites (N-methyl/N-ethyl adjacent to an activating group) is 1. The zero-order valence-electron chi connectivity index (χ0n) is 21.8. The maximum Gasteiger partial charge on any atom is 0.321 e. The number of carbonyl (C=O) groups excluding carboxylic acids is 2. The Bertz CT molecular complexity index is 1160. The fraction of sp³-hybridized carbons (Fsp3) is 0.444. The molecule has 0 saturated carbocycles. The highest BCUT2D eigenvalue weighted by Crippen LogP contribution is 2.27. The van der Waals surface area contributed by atoms with Crippen LogP contribution >= 0.6 is 0 Å². The van der Waals surface area contributed by atoms with Gasteiger partial charge in [-0.25, -0.2) is 9.78 Å². The minimum Gasteiger partial charge on any atom is -0.497 e. The number of nitrogens with zero attached hydrogens (tertiary/aromatic N) is 3. The number of rotatable bonds is 6. The van der Waals surface area contributed by atoms with Gasteiger partial charge in [-0.15, -0.1) is 0 Å². The van der Waals surface area contributed by atoms with Crippen molar-refractivity contribution in [2.75, 3.05) is 39.2 Å². The number of pyridine rings is 1. The van der Waals surface area contributed by atoms with Gasteiger partial charge in [0.15, 0.2) is 0 Å². The van der Waals surface area contributed by atoms with Crippen molar-refractivity contribution < 1.29 is 29.3 Å². The molecular formula is C27H34N4O6. The summed E-state index contributed by atoms with van der Waals surface area (Å²) in [5.41, 5.74) is 1.28. The number of nitrogens with one attached hydrogen (secondary N) is 1. The van der Waals surface area contributed by atoms with Crippen molar-refractivity contribution in [2.45, 2.75) is 39.0 Å². The number of urea groups is 1. The van der Waals surface area contributed by atoms with Crippen LogP contribution in [-0.4, -0.2) is 89.0 Å². The molecule has 1 aromatic heterocycles. The largest absolute Gasteiger partial charge is 0.497 e. The van der Waals surface area contributed by atoms with E-state index in [0.717, 1.165) is 0 Å². The summed E-state index contributed by atoms with van der Waals surface area (Å²) in [6.45, 7) is 5.56. The van der Waals surface area contributed by atoms with Crippen molar-refractivity contribution in [2.24, 2.45) is 5.92 Å². The van der Waals surface area contributed by atoms with Crippen molar-refractivity contribution in [1.29, 1.82) is 0 Å². The number of carbonyl (C=O) groups is 2. The highest BCUT2D eigenvalue weighted by Gasteiger charge is 2.34. The van der Waals surface area contributed by atoms with Gasteiger partial charge in [0.25, 0.3) is 5.91 Å². The number of hydrogen-bond acceptors (Lipinski definition) is 7. The molecule has 0 fully saturated rings. The molecule has 10 nitrogen and oxygen atoms in total. The third-order valence-corrected chi connectivity index (χ3v) is 6.09. The van der Waals surface area contributed by atoms with Crippen LogP contribution in [0.3, 0.4) is 0 Å². The minimum atomic E-state index is -0.829. The SMILES string of the molecule is COc1ccc(NC(=O)N(C)C[C@H]2Oc3ncc(C#C[C@@H](C)O)cc3C(=O)N([C@@H](C)CO)C[C@@H]2C)cc1. The quantitative estimate of drug-likeness (QED) is 0.509. The highest BCUT2D eigenvalue weighted by atomic mass is 16.5. The molecule has 0 unspecified atom stereocenters. The molecular weight excluding hydrogens is 476 g/mol. The Morgan fingerprint density at radius 1 is 1.35 bits per heavy atom. The van der Waals surface area contributed by atoms with Crippen LogP contribution in [0.2, 0.25) is 0 Å². The number of hydrogen-bond donors (Lipinski definition) is 3. The van der Waals surface area contributed by atoms with Gasteiger partial charge >= 0.3 is 6.03 Å². The van der Waals surface area contributed by atoms with Crippen LogP contribution < -0.4 is 14.8 Å². The second kappa shape index (κ2) is 12.4. The summed E-state index contributed by atoms with van der Waals surface area (Å²) in [7, 11) is 3.24. The average molecular weight is 511 g/mol. The van der Waals surface area contributed by atoms with E-state index in [1.807, 2.05) is 6.92 Å². The van der Waals surface area contributed by atoms with Gasteiger partial charge in [-0.3, -0.25) is 4.79 Å². The van der Waals surface area contributed by atoms with E-state index >= 15 is 0 Å². The van der Waals surface area contributed by atoms with Crippen LogP contribution in [0.25, 0.3) is 0 Å². The smallest absolute Gasteiger partial charge is 0.321 e. The van der Waals surface area contributed by atoms with Gasteiger partial charge in [-0.05, 0) is 44.2 Å². The standard InChI is InChI=1S/C27H34N4O6/c1-17-14-31(18(2)16-32)26(34)23-12-20(7-6-19(3)33)13-28-25(23)37-24(17)15-30(4)27(35)29-21-8-10-22(36-5)11-9-21/h8-13,17-19,24,32-33H,14-16H2,1-5H3,(H,29,35)/t17-,18-,19+,24+/m0/s1. The first-order valence-electron chi connectivity index (χ1n) is 12.1. The normalized spacial score (nSPS) is 18.7. The molecule has 1 aliphatic heterocycles. The van der Waals surface area contributed by atoms with Gasteiger partial charge in [0.05, 0.1) is 26.3 Å². The van der Waals surface area contributed by atoms with E-state index < -0.39 is 18.2 Å². The lowest BCUT2D eigenvalue weighted by Crippen LogP contribution is -2.50. The molecule has 3 amide bonds. The Morgan fingerprint density at radius 2 is 2.05 bits per heavy atom. The second-order valence-electron chi connectivity index (χ2n) is 9.18. The summed E-state index contributed by atoms with van der Waals surface area (Å²) < 4.78 is 11.4. The molecule has 37 heavy (non-hydrogen) atoms. The van der Waals surface area contributed by atoms with E-state index in [1.165, 1.54) is 11.1 Å². The molecule has 0 bridgehead atoms. The summed E-state index contributed by atoms with van der Waals surface area (Å²) in [6.07, 6.45) is 0.156. The first-order chi connectivity index (χ1) is 17.6. The molecule has 1 aromatic carbocycles. The van der Waals surface area contributed by atoms with Gasteiger partial charge in [0.2, 0.25) is 5.88 Å². The molecule has 3 N–H and O–H groups in total. The summed E-state index contributed by atoms with van der Waals surface area (Å²) in [4.78, 5) is 33.7. The second-order valence-corrected chi connectivity index (χ2v) is 9.18. The Labute approximate surface area is 217 Å². The molecule has 10 heteroatoms. The maximum absolute atomic E-state index is 13.4. The lowest BCUT2D eigenvalue weighted by atomic mass is 10.00. The predicted molar refractivity (Wildman–Crippen MR) is 139 cm³/mol. The molecule has 2 aromatic rings. The van der Waals surface area contributed by atoms with Crippen molar-refractivity contribution in [3.05, 3.63) is 47.7 Å². The third kappa shape index (κ3) is 7.12. The Morgan fingerprint density at radius 3 is 2.68 bits per heavy atom. The number of benzene rings is 1. The first-order valence-corrected chi connectivity index (χ1v) is 12.1. The summed E-state index contributed by atoms with van der Waals surface area (Å²) in [6, 6.07) is 7.82. The number of ether oxygens (including phenoxy) is 2. The van der Waals surface area contributed by atoms with Gasteiger partial charge in [-0.1, -0.05) is 18.8 Å². The minimum absolute atomic E-state index is 0.128. The molecule has 0 saturated heterocycles. The van der Waals surface area contributed by atoms with Crippen molar-refractivity contribution in [3.63, 3.8) is 0 Å². The van der Waals surface area contributed by atoms with E-state index in [4.69, 9.17) is 9.47 Å². The predicted octanol–water partition coefficient (Wildman–Crippen LogP) is 2.21. The van der Waals surface area contributed by atoms with Gasteiger partial charge in [0.1, 0.15) is 23.5 Å². The van der Waals surface area contributed by atoms with Crippen LogP contribution in [0, 0.1) is 17.8 Å². The lowest BCUT2D eigenvalue weighted by molar-refractivity contribution is 0.0356. The molecule has 2 heterocycles. The number of fused-ring (bicyclic) bond motifs is 1. The van der Waals surface area contributed by atoms with Crippen molar-refractivity contribution >= 4 is 17.6 Å². The van der Waals surface area contributed by atoms with E-state index in [-0.39, 0.29) is 42.5 Å². The molecule has 198 valence electrons. The number of methoxy groups -OCH3 is 1. The zero-order chi connectivity index (χ0) is 27.1. The fourth-order valence-electron chi connectivity index (χ4n) is 3.82. The van der Waals surface area contributed by atoms with Crippen LogP contribution in [0.15, 0.2) is 36.5 Å². The third-order valence-electron chi connectivity index (χ3n) is 6.09. The molecule has 3 rings (SSSR count). The highest BCUT2D eigenvalue weighted by molar-refractivity contribution is 5.97. The summed E-state index contributed by atoms with van der Waals surface area (Å²) in [5.74, 6) is 5.74. The van der Waals surface area contributed by atoms with Crippen molar-refractivity contribution in [1.82, 2.24) is 14.8 Å². The monoisotopic (exact) mass is 510 g/mol. The zero-order valence-corrected chi connectivity index (χ0v) is 21.8. The first kappa shape index (κ1) is 27.8. The van der Waals surface area contributed by atoms with Crippen LogP contribution in [-0.2, 0) is 0 Å². The number of anilines is 1. The Hall–Kier alpha value is -3.81. The van der Waals surface area contributed by atoms with Gasteiger partial charge < -0.3 is 34.8 Å². The maximum atomic E-state index is 13.4. The molecule has 0 radical (unpaired) electrons. The number of aliphatic hydroxyl groups is 2. The van der Waals surface area contributed by atoms with Gasteiger partial charge in [-0.2, -0.15) is 0 Å². The Balaban J connectivity index is 1.85. The van der Waals surface area contributed by atoms with E-state index in [2.05, 4.69) is 22.1 Å². The molecule has 0 aliphatic carbocycles. The number of amides is 3. The summed E-state index contributed by atoms with van der Waals surface area (Å²) in [5, 5.41) is 22.1. The van der Waals surface area contributed by atoms with E-state index in [9.17, 15) is 19.8 Å². The molecule has 4 atom stereocenters. The fourth-order valence-corrected chi connectivity index (χ4v) is 3.82. The topological polar surface area (TPSA) is 124 Å². The van der Waals surface area contributed by atoms with Crippen LogP contribution in [0.5, 0.6) is 11.6 Å². The lowest BCUT2D eigenvalue weighted by Gasteiger charge is -2.37. The van der Waals surface area contributed by atoms with E-state index in [1.54, 1.807) is 63.2 Å². The molecule has 0 spiro atoms. The van der Waals surface area contributed by atoms with Crippen LogP contribution in [0.1, 0.15) is 36.7 Å². The van der Waals surface area contributed by atoms with Gasteiger partial charge in [0, 0.05) is 37.0 Å². The van der Waals surface area contributed by atoms with Crippen LogP contribution in [0.4, 0.5) is 10.5 Å². The number of aromatic nitrogens is 1. The summed E-state index contributed by atoms with van der Waals surface area (Å²) >= 11 is 0. The van der Waals surface area contributed by atoms with E-state index in [0.29, 0.717) is 23.5 Å². The molecule has 1 aliphatic rings. The average Bonchev–Trinajstić information content (AvgIpc) is 2.89. The Kier molecular flexibility index (Phi) is 9.33. The number of aliphatic hydroxyl groups excluding tert-OH is 2. The van der Waals surface area contributed by atoms with Crippen molar-refractivity contribution in [3.8, 4) is 23.5 Å².